The molecule has 6 heteroatoms. The van der Waals surface area contributed by atoms with Crippen LogP contribution in [0.2, 0.25) is 0 Å². The van der Waals surface area contributed by atoms with E-state index >= 15 is 0 Å². The summed E-state index contributed by atoms with van der Waals surface area (Å²) >= 11 is 0. The highest BCUT2D eigenvalue weighted by molar-refractivity contribution is 6.03. The predicted molar refractivity (Wildman–Crippen MR) is 99.7 cm³/mol. The summed E-state index contributed by atoms with van der Waals surface area (Å²) in [6.45, 7) is 0. The fourth-order valence-corrected chi connectivity index (χ4v) is 2.46. The number of nitrogens with one attached hydrogen (secondary N) is 1. The third-order valence-electron chi connectivity index (χ3n) is 3.74. The molecule has 1 aromatic heterocycles. The molecule has 0 unspecified atom stereocenters. The molecule has 0 aliphatic carbocycles. The summed E-state index contributed by atoms with van der Waals surface area (Å²) in [7, 11) is 3.13. The standard InChI is InChI=1S/C20H17NO5/c1-24-16-7-3-13(18(12-16)25-2)4-9-19(22)21-15-6-8-17-14(11-15)5-10-20(23)26-17/h3-12H,1-2H3,(H,21,22)/b9-4+. The minimum Gasteiger partial charge on any atom is -0.497 e. The van der Waals surface area contributed by atoms with Crippen LogP contribution in [0.25, 0.3) is 17.0 Å². The lowest BCUT2D eigenvalue weighted by molar-refractivity contribution is -0.111. The number of fused-ring (bicyclic) bond motifs is 1. The van der Waals surface area contributed by atoms with Gasteiger partial charge >= 0.3 is 5.63 Å². The smallest absolute Gasteiger partial charge is 0.336 e. The molecule has 26 heavy (non-hydrogen) atoms. The number of carbonyl (C=O) groups is 1. The van der Waals surface area contributed by atoms with Gasteiger partial charge in [0, 0.05) is 34.8 Å². The number of methoxy groups -OCH3 is 2. The van der Waals surface area contributed by atoms with Crippen molar-refractivity contribution in [1.29, 1.82) is 0 Å². The van der Waals surface area contributed by atoms with Crippen molar-refractivity contribution in [3.05, 3.63) is 70.6 Å². The van der Waals surface area contributed by atoms with Crippen molar-refractivity contribution in [1.82, 2.24) is 0 Å². The molecule has 0 aliphatic rings. The topological polar surface area (TPSA) is 77.8 Å². The van der Waals surface area contributed by atoms with Crippen molar-refractivity contribution in [3.63, 3.8) is 0 Å². The molecule has 1 amide bonds. The third kappa shape index (κ3) is 3.92. The Bertz CT molecular complexity index is 1040. The Hall–Kier alpha value is -3.54. The number of amides is 1. The van der Waals surface area contributed by atoms with Crippen LogP contribution >= 0.6 is 0 Å². The second-order valence-corrected chi connectivity index (χ2v) is 5.44. The zero-order valence-electron chi connectivity index (χ0n) is 14.3. The number of hydrogen-bond acceptors (Lipinski definition) is 5. The zero-order chi connectivity index (χ0) is 18.5. The van der Waals surface area contributed by atoms with Gasteiger partial charge in [-0.15, -0.1) is 0 Å². The van der Waals surface area contributed by atoms with Crippen LogP contribution in [-0.2, 0) is 4.79 Å². The first-order chi connectivity index (χ1) is 12.6. The highest BCUT2D eigenvalue weighted by Crippen LogP contribution is 2.25. The molecule has 132 valence electrons. The predicted octanol–water partition coefficient (Wildman–Crippen LogP) is 3.46. The Balaban J connectivity index is 1.75. The van der Waals surface area contributed by atoms with E-state index in [4.69, 9.17) is 13.9 Å². The van der Waals surface area contributed by atoms with Crippen molar-refractivity contribution in [3.8, 4) is 11.5 Å². The molecule has 3 aromatic rings. The van der Waals surface area contributed by atoms with Gasteiger partial charge in [0.05, 0.1) is 14.2 Å². The van der Waals surface area contributed by atoms with Crippen LogP contribution in [0.5, 0.6) is 11.5 Å². The number of ether oxygens (including phenoxy) is 2. The lowest BCUT2D eigenvalue weighted by Gasteiger charge is -2.07. The third-order valence-corrected chi connectivity index (χ3v) is 3.74. The summed E-state index contributed by atoms with van der Waals surface area (Å²) < 4.78 is 15.5. The number of rotatable bonds is 5. The van der Waals surface area contributed by atoms with Crippen LogP contribution in [0.1, 0.15) is 5.56 Å². The maximum absolute atomic E-state index is 12.2. The average molecular weight is 351 g/mol. The fraction of sp³-hybridized carbons (Fsp3) is 0.100. The summed E-state index contributed by atoms with van der Waals surface area (Å²) in [6, 6.07) is 13.4. The normalized spacial score (nSPS) is 10.8. The summed E-state index contributed by atoms with van der Waals surface area (Å²) in [5.41, 5.74) is 1.41. The largest absolute Gasteiger partial charge is 0.497 e. The SMILES string of the molecule is COc1ccc(/C=C/C(=O)Nc2ccc3oc(=O)ccc3c2)c(OC)c1. The molecule has 1 heterocycles. The van der Waals surface area contributed by atoms with Crippen molar-refractivity contribution >= 4 is 28.6 Å². The molecule has 2 aromatic carbocycles. The van der Waals surface area contributed by atoms with Crippen molar-refractivity contribution < 1.29 is 18.7 Å². The van der Waals surface area contributed by atoms with Gasteiger partial charge < -0.3 is 19.2 Å². The maximum atomic E-state index is 12.2. The molecule has 0 atom stereocenters. The van der Waals surface area contributed by atoms with Crippen LogP contribution in [0.15, 0.2) is 63.8 Å². The molecular weight excluding hydrogens is 334 g/mol. The van der Waals surface area contributed by atoms with Gasteiger partial charge in [-0.05, 0) is 42.5 Å². The molecule has 0 spiro atoms. The van der Waals surface area contributed by atoms with Crippen molar-refractivity contribution in [2.45, 2.75) is 0 Å². The second-order valence-electron chi connectivity index (χ2n) is 5.44. The van der Waals surface area contributed by atoms with E-state index < -0.39 is 5.63 Å². The molecule has 3 rings (SSSR count). The number of benzene rings is 2. The van der Waals surface area contributed by atoms with E-state index in [-0.39, 0.29) is 5.91 Å². The minimum atomic E-state index is -0.411. The first kappa shape index (κ1) is 17.3. The first-order valence-corrected chi connectivity index (χ1v) is 7.84. The highest BCUT2D eigenvalue weighted by atomic mass is 16.5. The Morgan fingerprint density at radius 1 is 1.04 bits per heavy atom. The lowest BCUT2D eigenvalue weighted by atomic mass is 10.1. The first-order valence-electron chi connectivity index (χ1n) is 7.84. The molecular formula is C20H17NO5. The minimum absolute atomic E-state index is 0.292. The van der Waals surface area contributed by atoms with Crippen LogP contribution in [-0.4, -0.2) is 20.1 Å². The lowest BCUT2D eigenvalue weighted by Crippen LogP contribution is -2.07. The number of anilines is 1. The molecule has 0 radical (unpaired) electrons. The summed E-state index contributed by atoms with van der Waals surface area (Å²) in [5.74, 6) is 0.986. The molecule has 0 saturated heterocycles. The molecule has 0 aliphatic heterocycles. The van der Waals surface area contributed by atoms with E-state index in [0.717, 1.165) is 10.9 Å². The number of hydrogen-bond donors (Lipinski definition) is 1. The van der Waals surface area contributed by atoms with Gasteiger partial charge in [-0.1, -0.05) is 0 Å². The molecule has 0 bridgehead atoms. The van der Waals surface area contributed by atoms with E-state index in [9.17, 15) is 9.59 Å². The van der Waals surface area contributed by atoms with E-state index in [1.807, 2.05) is 0 Å². The molecule has 0 saturated carbocycles. The Morgan fingerprint density at radius 2 is 1.88 bits per heavy atom. The summed E-state index contributed by atoms with van der Waals surface area (Å²) in [4.78, 5) is 23.4. The van der Waals surface area contributed by atoms with Crippen LogP contribution in [0.4, 0.5) is 5.69 Å². The van der Waals surface area contributed by atoms with Crippen molar-refractivity contribution in [2.75, 3.05) is 19.5 Å². The van der Waals surface area contributed by atoms with Crippen LogP contribution < -0.4 is 20.4 Å². The molecule has 6 nitrogen and oxygen atoms in total. The van der Waals surface area contributed by atoms with Gasteiger partial charge in [-0.2, -0.15) is 0 Å². The van der Waals surface area contributed by atoms with Crippen LogP contribution in [0, 0.1) is 0 Å². The Labute approximate surface area is 149 Å². The van der Waals surface area contributed by atoms with Crippen molar-refractivity contribution in [2.24, 2.45) is 0 Å². The van der Waals surface area contributed by atoms with E-state index in [1.165, 1.54) is 12.1 Å². The van der Waals surface area contributed by atoms with Gasteiger partial charge in [-0.3, -0.25) is 4.79 Å². The van der Waals surface area contributed by atoms with E-state index in [0.29, 0.717) is 22.8 Å². The van der Waals surface area contributed by atoms with Gasteiger partial charge in [0.15, 0.2) is 0 Å². The van der Waals surface area contributed by atoms with Gasteiger partial charge in [0.1, 0.15) is 17.1 Å². The zero-order valence-corrected chi connectivity index (χ0v) is 14.3. The van der Waals surface area contributed by atoms with E-state index in [1.54, 1.807) is 62.8 Å². The van der Waals surface area contributed by atoms with E-state index in [2.05, 4.69) is 5.32 Å². The number of carbonyl (C=O) groups excluding carboxylic acids is 1. The van der Waals surface area contributed by atoms with Crippen LogP contribution in [0.3, 0.4) is 0 Å². The quantitative estimate of drug-likeness (QED) is 0.563. The van der Waals surface area contributed by atoms with Gasteiger partial charge in [-0.25, -0.2) is 4.79 Å². The maximum Gasteiger partial charge on any atom is 0.336 e. The highest BCUT2D eigenvalue weighted by Gasteiger charge is 2.04. The van der Waals surface area contributed by atoms with Gasteiger partial charge in [0.2, 0.25) is 5.91 Å². The fourth-order valence-electron chi connectivity index (χ4n) is 2.46. The monoisotopic (exact) mass is 351 g/mol. The summed E-state index contributed by atoms with van der Waals surface area (Å²) in [5, 5.41) is 3.49. The van der Waals surface area contributed by atoms with Gasteiger partial charge in [0.25, 0.3) is 0 Å². The molecule has 1 N–H and O–H groups in total. The average Bonchev–Trinajstić information content (AvgIpc) is 2.66. The second kappa shape index (κ2) is 7.57. The summed E-state index contributed by atoms with van der Waals surface area (Å²) in [6.07, 6.45) is 3.08. The molecule has 0 fully saturated rings. The Kier molecular flexibility index (Phi) is 5.03. The Morgan fingerprint density at radius 3 is 2.65 bits per heavy atom.